The van der Waals surface area contributed by atoms with Gasteiger partial charge in [-0.25, -0.2) is 9.78 Å². The molecule has 1 N–H and O–H groups in total. The molecular formula is C26H43N3O3. The van der Waals surface area contributed by atoms with Crippen molar-refractivity contribution in [2.75, 3.05) is 6.54 Å². The first-order chi connectivity index (χ1) is 15.2. The summed E-state index contributed by atoms with van der Waals surface area (Å²) in [5, 5.41) is 2.76. The van der Waals surface area contributed by atoms with Crippen molar-refractivity contribution in [3.8, 4) is 0 Å². The molecule has 32 heavy (non-hydrogen) atoms. The third-order valence-electron chi connectivity index (χ3n) is 4.15. The topological polar surface area (TPSA) is 65.4 Å². The number of carbonyl (C=O) groups is 1. The third kappa shape index (κ3) is 10.6. The van der Waals surface area contributed by atoms with Crippen LogP contribution in [0.25, 0.3) is 5.70 Å². The van der Waals surface area contributed by atoms with E-state index in [0.717, 1.165) is 28.5 Å². The second kappa shape index (κ2) is 15.2. The van der Waals surface area contributed by atoms with Gasteiger partial charge in [-0.15, -0.1) is 0 Å². The fraction of sp³-hybridized carbons (Fsp3) is 0.538. The molecule has 0 radical (unpaired) electrons. The first kappa shape index (κ1) is 29.4. The third-order valence-corrected chi connectivity index (χ3v) is 4.15. The van der Waals surface area contributed by atoms with Crippen LogP contribution in [0, 0.1) is 13.8 Å². The first-order valence-electron chi connectivity index (χ1n) is 11.5. The maximum absolute atomic E-state index is 11.8. The second-order valence-electron chi connectivity index (χ2n) is 7.76. The summed E-state index contributed by atoms with van der Waals surface area (Å²) in [5.41, 5.74) is 3.43. The number of aryl methyl sites for hydroxylation is 1. The van der Waals surface area contributed by atoms with E-state index >= 15 is 0 Å². The van der Waals surface area contributed by atoms with Crippen LogP contribution in [0.4, 0.5) is 4.79 Å². The van der Waals surface area contributed by atoms with E-state index in [9.17, 15) is 4.79 Å². The van der Waals surface area contributed by atoms with Crippen LogP contribution in [0.2, 0.25) is 0 Å². The molecular weight excluding hydrogens is 402 g/mol. The minimum atomic E-state index is -0.512. The van der Waals surface area contributed by atoms with Gasteiger partial charge in [0.05, 0.1) is 12.3 Å². The molecule has 1 aromatic carbocycles. The molecule has 6 nitrogen and oxygen atoms in total. The Bertz CT molecular complexity index is 806. The van der Waals surface area contributed by atoms with Gasteiger partial charge in [0, 0.05) is 24.4 Å². The quantitative estimate of drug-likeness (QED) is 0.494. The smallest absolute Gasteiger partial charge is 0.407 e. The average Bonchev–Trinajstić information content (AvgIpc) is 3.04. The van der Waals surface area contributed by atoms with Crippen LogP contribution < -0.4 is 5.32 Å². The highest BCUT2D eigenvalue weighted by Crippen LogP contribution is 2.19. The first-order valence-corrected chi connectivity index (χ1v) is 11.5. The van der Waals surface area contributed by atoms with Crippen molar-refractivity contribution in [1.82, 2.24) is 14.9 Å². The molecule has 2 rings (SSSR count). The Morgan fingerprint density at radius 3 is 2.22 bits per heavy atom. The summed E-state index contributed by atoms with van der Waals surface area (Å²) in [7, 11) is 0. The highest BCUT2D eigenvalue weighted by atomic mass is 16.6. The second-order valence-corrected chi connectivity index (χ2v) is 7.76. The molecule has 1 aromatic heterocycles. The zero-order chi connectivity index (χ0) is 24.7. The van der Waals surface area contributed by atoms with Crippen LogP contribution in [0.3, 0.4) is 0 Å². The maximum atomic E-state index is 11.8. The van der Waals surface area contributed by atoms with Crippen LogP contribution in [0.1, 0.15) is 77.7 Å². The molecule has 0 aliphatic rings. The largest absolute Gasteiger partial charge is 0.444 e. The fourth-order valence-electron chi connectivity index (χ4n) is 2.77. The molecule has 0 bridgehead atoms. The summed E-state index contributed by atoms with van der Waals surface area (Å²) >= 11 is 0. The van der Waals surface area contributed by atoms with Crippen LogP contribution in [0.15, 0.2) is 36.9 Å². The normalized spacial score (nSPS) is 10.3. The van der Waals surface area contributed by atoms with Crippen LogP contribution in [-0.2, 0) is 22.7 Å². The fourth-order valence-corrected chi connectivity index (χ4v) is 2.77. The predicted octanol–water partition coefficient (Wildman–Crippen LogP) is 6.65. The van der Waals surface area contributed by atoms with E-state index in [1.807, 2.05) is 97.2 Å². The van der Waals surface area contributed by atoms with Gasteiger partial charge in [0.2, 0.25) is 0 Å². The van der Waals surface area contributed by atoms with Crippen molar-refractivity contribution in [2.45, 2.75) is 87.5 Å². The standard InChI is InChI=1S/C22H31N3O3.2C2H6/c1-16(12-13-23-21(26)28-22(4,5)6)25-18(3)17(2)24-20(25)15-27-14-19-10-8-7-9-11-19;2*1-2/h7-11H,1,12-15H2,2-6H3,(H,23,26);2*1-2H3. The molecule has 0 fully saturated rings. The van der Waals surface area contributed by atoms with Crippen molar-refractivity contribution in [3.05, 3.63) is 59.7 Å². The number of aromatic nitrogens is 2. The number of rotatable bonds is 8. The molecule has 0 unspecified atom stereocenters. The molecule has 0 spiro atoms. The molecule has 180 valence electrons. The average molecular weight is 446 g/mol. The number of carbonyl (C=O) groups excluding carboxylic acids is 1. The van der Waals surface area contributed by atoms with Gasteiger partial charge in [0.1, 0.15) is 18.0 Å². The van der Waals surface area contributed by atoms with Crippen molar-refractivity contribution >= 4 is 11.8 Å². The van der Waals surface area contributed by atoms with E-state index < -0.39 is 11.7 Å². The SMILES string of the molecule is C=C(CCNC(=O)OC(C)(C)C)n1c(COCc2ccccc2)nc(C)c1C.CC.CC. The van der Waals surface area contributed by atoms with Gasteiger partial charge in [0.25, 0.3) is 0 Å². The monoisotopic (exact) mass is 445 g/mol. The highest BCUT2D eigenvalue weighted by Gasteiger charge is 2.17. The number of nitrogens with one attached hydrogen (secondary N) is 1. The number of amides is 1. The molecule has 6 heteroatoms. The zero-order valence-corrected chi connectivity index (χ0v) is 21.5. The van der Waals surface area contributed by atoms with E-state index in [1.165, 1.54) is 0 Å². The van der Waals surface area contributed by atoms with Crippen molar-refractivity contribution in [2.24, 2.45) is 0 Å². The molecule has 1 heterocycles. The molecule has 0 aliphatic carbocycles. The summed E-state index contributed by atoms with van der Waals surface area (Å²) in [5.74, 6) is 0.813. The number of hydrogen-bond donors (Lipinski definition) is 1. The van der Waals surface area contributed by atoms with Gasteiger partial charge in [-0.1, -0.05) is 64.6 Å². The van der Waals surface area contributed by atoms with Gasteiger partial charge in [-0.3, -0.25) is 0 Å². The van der Waals surface area contributed by atoms with Gasteiger partial charge in [-0.2, -0.15) is 0 Å². The lowest BCUT2D eigenvalue weighted by Crippen LogP contribution is -2.33. The predicted molar refractivity (Wildman–Crippen MR) is 134 cm³/mol. The number of hydrogen-bond acceptors (Lipinski definition) is 4. The highest BCUT2D eigenvalue weighted by molar-refractivity contribution is 5.67. The maximum Gasteiger partial charge on any atom is 0.407 e. The Morgan fingerprint density at radius 1 is 1.06 bits per heavy atom. The molecule has 0 saturated heterocycles. The van der Waals surface area contributed by atoms with Gasteiger partial charge in [0.15, 0.2) is 0 Å². The van der Waals surface area contributed by atoms with Crippen molar-refractivity contribution < 1.29 is 14.3 Å². The van der Waals surface area contributed by atoms with E-state index in [-0.39, 0.29) is 0 Å². The van der Waals surface area contributed by atoms with Gasteiger partial charge < -0.3 is 19.4 Å². The van der Waals surface area contributed by atoms with Gasteiger partial charge in [-0.05, 0) is 40.2 Å². The summed E-state index contributed by atoms with van der Waals surface area (Å²) in [6.07, 6.45) is 0.159. The number of nitrogens with zero attached hydrogens (tertiary/aromatic N) is 2. The Balaban J connectivity index is 0.00000227. The van der Waals surface area contributed by atoms with Crippen LogP contribution >= 0.6 is 0 Å². The Morgan fingerprint density at radius 2 is 1.66 bits per heavy atom. The lowest BCUT2D eigenvalue weighted by molar-refractivity contribution is 0.0529. The van der Waals surface area contributed by atoms with Crippen LogP contribution in [0.5, 0.6) is 0 Å². The molecule has 0 atom stereocenters. The van der Waals surface area contributed by atoms with E-state index in [0.29, 0.717) is 26.2 Å². The summed E-state index contributed by atoms with van der Waals surface area (Å²) in [6.45, 7) is 23.0. The Kier molecular flexibility index (Phi) is 14.0. The van der Waals surface area contributed by atoms with E-state index in [4.69, 9.17) is 9.47 Å². The zero-order valence-electron chi connectivity index (χ0n) is 21.5. The number of benzene rings is 1. The van der Waals surface area contributed by atoms with E-state index in [1.54, 1.807) is 0 Å². The molecule has 2 aromatic rings. The van der Waals surface area contributed by atoms with Crippen molar-refractivity contribution in [1.29, 1.82) is 0 Å². The lowest BCUT2D eigenvalue weighted by atomic mass is 10.2. The minimum absolute atomic E-state index is 0.391. The number of alkyl carbamates (subject to hydrolysis) is 1. The number of imidazole rings is 1. The number of ether oxygens (including phenoxy) is 2. The molecule has 0 saturated carbocycles. The van der Waals surface area contributed by atoms with Gasteiger partial charge >= 0.3 is 6.09 Å². The Labute approximate surface area is 195 Å². The Hall–Kier alpha value is -2.60. The van der Waals surface area contributed by atoms with Crippen LogP contribution in [-0.4, -0.2) is 27.8 Å². The summed E-state index contributed by atoms with van der Waals surface area (Å²) in [4.78, 5) is 16.4. The minimum Gasteiger partial charge on any atom is -0.444 e. The molecule has 1 amide bonds. The van der Waals surface area contributed by atoms with E-state index in [2.05, 4.69) is 16.9 Å². The summed E-state index contributed by atoms with van der Waals surface area (Å²) in [6, 6.07) is 10.0. The molecule has 0 aliphatic heterocycles. The van der Waals surface area contributed by atoms with Crippen molar-refractivity contribution in [3.63, 3.8) is 0 Å². The lowest BCUT2D eigenvalue weighted by Gasteiger charge is -2.20. The summed E-state index contributed by atoms with van der Waals surface area (Å²) < 4.78 is 13.1.